The van der Waals surface area contributed by atoms with E-state index < -0.39 is 18.6 Å². The van der Waals surface area contributed by atoms with Gasteiger partial charge < -0.3 is 24.4 Å². The minimum Gasteiger partial charge on any atom is -0.378 e. The number of benzene rings is 1. The maximum absolute atomic E-state index is 13.8. The fourth-order valence-corrected chi connectivity index (χ4v) is 4.88. The molecule has 0 bridgehead atoms. The number of nitrogens with zero attached hydrogens (tertiary/aromatic N) is 4. The van der Waals surface area contributed by atoms with Crippen LogP contribution < -0.4 is 5.32 Å². The van der Waals surface area contributed by atoms with E-state index in [0.29, 0.717) is 57.9 Å². The fraction of sp³-hybridized carbons (Fsp3) is 0.625. The minimum atomic E-state index is -4.51. The number of aromatic nitrogens is 2. The van der Waals surface area contributed by atoms with Gasteiger partial charge in [-0.15, -0.1) is 0 Å². The van der Waals surface area contributed by atoms with E-state index in [1.165, 1.54) is 6.07 Å². The summed E-state index contributed by atoms with van der Waals surface area (Å²) in [6.07, 6.45) is -4.06. The van der Waals surface area contributed by atoms with Crippen molar-refractivity contribution in [2.45, 2.75) is 39.0 Å². The van der Waals surface area contributed by atoms with Crippen molar-refractivity contribution in [3.63, 3.8) is 0 Å². The lowest BCUT2D eigenvalue weighted by Gasteiger charge is -2.40. The Bertz CT molecular complexity index is 1050. The molecule has 2 aliphatic heterocycles. The summed E-state index contributed by atoms with van der Waals surface area (Å²) in [7, 11) is 0. The molecule has 2 atom stereocenters. The van der Waals surface area contributed by atoms with Crippen LogP contribution in [0.2, 0.25) is 0 Å². The summed E-state index contributed by atoms with van der Waals surface area (Å²) in [5, 5.41) is 3.26. The number of hydrogen-bond acceptors (Lipinski definition) is 5. The van der Waals surface area contributed by atoms with Gasteiger partial charge in [-0.05, 0) is 24.5 Å². The Hall–Kier alpha value is -2.66. The van der Waals surface area contributed by atoms with Gasteiger partial charge in [0.05, 0.1) is 30.2 Å². The standard InChI is InChI=1S/C24H32F3N5O3/c1-16(2)14-31(18-11-17(12-28-13-18)22(33)30-7-9-35-10-8-30)23(34)21-29-19-5-3-4-6-20(19)32(21)15-24(25,26)27/h3-6,16-18,28H,7-15H2,1-2H3/t17-,18+/m1/s1. The van der Waals surface area contributed by atoms with Crippen LogP contribution in [0.15, 0.2) is 24.3 Å². The van der Waals surface area contributed by atoms with Gasteiger partial charge in [-0.1, -0.05) is 26.0 Å². The molecule has 1 aromatic carbocycles. The number of hydrogen-bond donors (Lipinski definition) is 1. The third-order valence-corrected chi connectivity index (χ3v) is 6.45. The zero-order valence-corrected chi connectivity index (χ0v) is 20.1. The van der Waals surface area contributed by atoms with Crippen molar-refractivity contribution in [2.75, 3.05) is 45.9 Å². The van der Waals surface area contributed by atoms with E-state index in [0.717, 1.165) is 4.57 Å². The highest BCUT2D eigenvalue weighted by molar-refractivity contribution is 5.95. The van der Waals surface area contributed by atoms with E-state index in [-0.39, 0.29) is 35.1 Å². The topological polar surface area (TPSA) is 79.7 Å². The Labute approximate surface area is 202 Å². The Morgan fingerprint density at radius 1 is 1.20 bits per heavy atom. The molecule has 3 heterocycles. The second-order valence-electron chi connectivity index (χ2n) is 9.66. The molecule has 1 aromatic heterocycles. The van der Waals surface area contributed by atoms with Crippen molar-refractivity contribution in [2.24, 2.45) is 11.8 Å². The number of imidazole rings is 1. The summed E-state index contributed by atoms with van der Waals surface area (Å²) in [5.74, 6) is -0.999. The number of carbonyl (C=O) groups excluding carboxylic acids is 2. The molecular formula is C24H32F3N5O3. The molecule has 192 valence electrons. The zero-order chi connectivity index (χ0) is 25.2. The zero-order valence-electron chi connectivity index (χ0n) is 20.1. The van der Waals surface area contributed by atoms with Crippen molar-refractivity contribution in [1.29, 1.82) is 0 Å². The Morgan fingerprint density at radius 2 is 1.91 bits per heavy atom. The summed E-state index contributed by atoms with van der Waals surface area (Å²) >= 11 is 0. The highest BCUT2D eigenvalue weighted by atomic mass is 19.4. The number of para-hydroxylation sites is 2. The van der Waals surface area contributed by atoms with Crippen LogP contribution in [0.25, 0.3) is 11.0 Å². The number of halogens is 3. The number of ether oxygens (including phenoxy) is 1. The van der Waals surface area contributed by atoms with Crippen LogP contribution in [0, 0.1) is 11.8 Å². The van der Waals surface area contributed by atoms with Gasteiger partial charge in [-0.25, -0.2) is 4.98 Å². The molecule has 2 aliphatic rings. The summed E-state index contributed by atoms with van der Waals surface area (Å²) in [4.78, 5) is 34.6. The van der Waals surface area contributed by atoms with Crippen LogP contribution in [-0.2, 0) is 16.1 Å². The first-order valence-corrected chi connectivity index (χ1v) is 12.0. The average Bonchev–Trinajstić information content (AvgIpc) is 3.19. The van der Waals surface area contributed by atoms with Gasteiger partial charge in [0.25, 0.3) is 5.91 Å². The fourth-order valence-electron chi connectivity index (χ4n) is 4.88. The maximum atomic E-state index is 13.8. The Balaban J connectivity index is 1.62. The lowest BCUT2D eigenvalue weighted by molar-refractivity contribution is -0.141. The molecule has 11 heteroatoms. The molecule has 2 aromatic rings. The van der Waals surface area contributed by atoms with Crippen molar-refractivity contribution in [1.82, 2.24) is 24.7 Å². The van der Waals surface area contributed by atoms with Crippen LogP contribution >= 0.6 is 0 Å². The second-order valence-corrected chi connectivity index (χ2v) is 9.66. The monoisotopic (exact) mass is 495 g/mol. The van der Waals surface area contributed by atoms with Crippen molar-refractivity contribution in [3.05, 3.63) is 30.1 Å². The number of nitrogens with one attached hydrogen (secondary N) is 1. The van der Waals surface area contributed by atoms with Crippen LogP contribution in [0.3, 0.4) is 0 Å². The normalized spacial score (nSPS) is 21.5. The average molecular weight is 496 g/mol. The predicted molar refractivity (Wildman–Crippen MR) is 124 cm³/mol. The quantitative estimate of drug-likeness (QED) is 0.667. The van der Waals surface area contributed by atoms with E-state index in [9.17, 15) is 22.8 Å². The first-order chi connectivity index (χ1) is 16.6. The SMILES string of the molecule is CC(C)CN(C(=O)c1nc2ccccc2n1CC(F)(F)F)[C@@H]1CNC[C@H](C(=O)N2CCOCC2)C1. The van der Waals surface area contributed by atoms with E-state index in [2.05, 4.69) is 10.3 Å². The molecule has 8 nitrogen and oxygen atoms in total. The summed E-state index contributed by atoms with van der Waals surface area (Å²) < 4.78 is 46.6. The second kappa shape index (κ2) is 10.5. The maximum Gasteiger partial charge on any atom is 0.406 e. The van der Waals surface area contributed by atoms with Gasteiger partial charge in [-0.2, -0.15) is 13.2 Å². The molecule has 1 N–H and O–H groups in total. The number of piperidine rings is 1. The minimum absolute atomic E-state index is 0.0201. The highest BCUT2D eigenvalue weighted by Gasteiger charge is 2.38. The van der Waals surface area contributed by atoms with Crippen molar-refractivity contribution < 1.29 is 27.5 Å². The van der Waals surface area contributed by atoms with Crippen molar-refractivity contribution in [3.8, 4) is 0 Å². The summed E-state index contributed by atoms with van der Waals surface area (Å²) in [6.45, 7) is 5.99. The number of amides is 2. The lowest BCUT2D eigenvalue weighted by atomic mass is 9.92. The molecule has 35 heavy (non-hydrogen) atoms. The molecule has 0 aliphatic carbocycles. The van der Waals surface area contributed by atoms with Gasteiger partial charge in [0, 0.05) is 38.8 Å². The van der Waals surface area contributed by atoms with Crippen molar-refractivity contribution >= 4 is 22.8 Å². The molecule has 0 radical (unpaired) electrons. The number of morpholine rings is 1. The number of rotatable bonds is 6. The van der Waals surface area contributed by atoms with Crippen LogP contribution in [0.1, 0.15) is 30.9 Å². The van der Waals surface area contributed by atoms with Crippen LogP contribution in [0.5, 0.6) is 0 Å². The molecule has 4 rings (SSSR count). The number of carbonyl (C=O) groups is 2. The Kier molecular flexibility index (Phi) is 7.65. The van der Waals surface area contributed by atoms with Crippen LogP contribution in [0.4, 0.5) is 13.2 Å². The van der Waals surface area contributed by atoms with Gasteiger partial charge in [0.2, 0.25) is 11.7 Å². The van der Waals surface area contributed by atoms with E-state index in [1.807, 2.05) is 13.8 Å². The summed E-state index contributed by atoms with van der Waals surface area (Å²) in [6, 6.07) is 6.11. The molecule has 0 saturated carbocycles. The van der Waals surface area contributed by atoms with Gasteiger partial charge in [0.15, 0.2) is 0 Å². The Morgan fingerprint density at radius 3 is 2.60 bits per heavy atom. The van der Waals surface area contributed by atoms with Gasteiger partial charge in [-0.3, -0.25) is 9.59 Å². The third-order valence-electron chi connectivity index (χ3n) is 6.45. The predicted octanol–water partition coefficient (Wildman–Crippen LogP) is 2.53. The highest BCUT2D eigenvalue weighted by Crippen LogP contribution is 2.27. The molecule has 0 unspecified atom stereocenters. The summed E-state index contributed by atoms with van der Waals surface area (Å²) in [5.41, 5.74) is 0.603. The largest absolute Gasteiger partial charge is 0.406 e. The first kappa shape index (κ1) is 25.4. The van der Waals surface area contributed by atoms with Gasteiger partial charge in [0.1, 0.15) is 6.54 Å². The first-order valence-electron chi connectivity index (χ1n) is 12.0. The van der Waals surface area contributed by atoms with Gasteiger partial charge >= 0.3 is 6.18 Å². The number of alkyl halides is 3. The number of fused-ring (bicyclic) bond motifs is 1. The lowest BCUT2D eigenvalue weighted by Crippen LogP contribution is -2.56. The van der Waals surface area contributed by atoms with E-state index >= 15 is 0 Å². The van der Waals surface area contributed by atoms with E-state index in [4.69, 9.17) is 4.74 Å². The molecule has 2 saturated heterocycles. The van der Waals surface area contributed by atoms with E-state index in [1.54, 1.807) is 28.0 Å². The smallest absolute Gasteiger partial charge is 0.378 e. The van der Waals surface area contributed by atoms with Crippen LogP contribution in [-0.4, -0.2) is 89.3 Å². The molecule has 0 spiro atoms. The molecule has 2 fully saturated rings. The molecular weight excluding hydrogens is 463 g/mol. The molecule has 2 amide bonds. The third kappa shape index (κ3) is 5.95.